The van der Waals surface area contributed by atoms with Crippen molar-refractivity contribution in [3.05, 3.63) is 35.0 Å². The first-order chi connectivity index (χ1) is 7.63. The first-order valence-electron chi connectivity index (χ1n) is 5.52. The molecule has 0 saturated heterocycles. The average molecular weight is 238 g/mol. The van der Waals surface area contributed by atoms with Crippen LogP contribution in [0.1, 0.15) is 25.3 Å². The second-order valence-corrected chi connectivity index (χ2v) is 4.75. The maximum Gasteiger partial charge on any atom is 0.0610 e. The molecule has 0 saturated carbocycles. The third-order valence-corrected chi connectivity index (χ3v) is 3.07. The number of nitrogens with zero attached hydrogens (tertiary/aromatic N) is 1. The summed E-state index contributed by atoms with van der Waals surface area (Å²) in [6.45, 7) is 5.11. The topological polar surface area (TPSA) is 25.2 Å². The molecule has 3 heteroatoms. The zero-order chi connectivity index (χ0) is 11.7. The highest BCUT2D eigenvalue weighted by molar-refractivity contribution is 6.31. The van der Waals surface area contributed by atoms with Crippen molar-refractivity contribution < 1.29 is 5.11 Å². The first kappa shape index (κ1) is 11.5. The highest BCUT2D eigenvalue weighted by Gasteiger charge is 2.11. The summed E-state index contributed by atoms with van der Waals surface area (Å²) < 4.78 is 2.07. The third kappa shape index (κ3) is 1.95. The van der Waals surface area contributed by atoms with E-state index in [4.69, 9.17) is 16.7 Å². The van der Waals surface area contributed by atoms with E-state index in [1.54, 1.807) is 0 Å². The van der Waals surface area contributed by atoms with Gasteiger partial charge >= 0.3 is 0 Å². The fourth-order valence-electron chi connectivity index (χ4n) is 2.05. The summed E-state index contributed by atoms with van der Waals surface area (Å²) in [7, 11) is 0. The second kappa shape index (κ2) is 4.48. The molecule has 0 unspecified atom stereocenters. The number of hydrogen-bond donors (Lipinski definition) is 1. The van der Waals surface area contributed by atoms with Crippen molar-refractivity contribution >= 4 is 22.5 Å². The molecule has 1 aromatic carbocycles. The van der Waals surface area contributed by atoms with Gasteiger partial charge in [0.25, 0.3) is 0 Å². The number of fused-ring (bicyclic) bond motifs is 1. The number of aromatic nitrogens is 1. The lowest BCUT2D eigenvalue weighted by Crippen LogP contribution is -1.99. The third-order valence-electron chi connectivity index (χ3n) is 2.84. The van der Waals surface area contributed by atoms with Crippen LogP contribution in [0.15, 0.2) is 24.4 Å². The molecule has 2 rings (SSSR count). The standard InChI is InChI=1S/C13H16ClNO/c1-9(2)12-8-15(5-6-16)13-7-10(14)3-4-11(12)13/h3-4,7-9,16H,5-6H2,1-2H3. The van der Waals surface area contributed by atoms with Crippen LogP contribution >= 0.6 is 11.6 Å². The van der Waals surface area contributed by atoms with E-state index in [0.717, 1.165) is 10.5 Å². The molecule has 86 valence electrons. The molecule has 16 heavy (non-hydrogen) atoms. The minimum Gasteiger partial charge on any atom is -0.395 e. The molecule has 1 aromatic heterocycles. The minimum atomic E-state index is 0.147. The van der Waals surface area contributed by atoms with Gasteiger partial charge in [0.05, 0.1) is 6.61 Å². The van der Waals surface area contributed by atoms with Crippen LogP contribution in [0, 0.1) is 0 Å². The zero-order valence-electron chi connectivity index (χ0n) is 9.57. The van der Waals surface area contributed by atoms with Crippen LogP contribution in [0.3, 0.4) is 0 Å². The van der Waals surface area contributed by atoms with Gasteiger partial charge in [0.15, 0.2) is 0 Å². The van der Waals surface area contributed by atoms with Crippen LogP contribution < -0.4 is 0 Å². The fourth-order valence-corrected chi connectivity index (χ4v) is 2.21. The van der Waals surface area contributed by atoms with Gasteiger partial charge in [-0.2, -0.15) is 0 Å². The number of aliphatic hydroxyl groups is 1. The SMILES string of the molecule is CC(C)c1cn(CCO)c2cc(Cl)ccc12. The molecule has 2 nitrogen and oxygen atoms in total. The lowest BCUT2D eigenvalue weighted by atomic mass is 10.0. The van der Waals surface area contributed by atoms with Crippen molar-refractivity contribution in [2.45, 2.75) is 26.3 Å². The summed E-state index contributed by atoms with van der Waals surface area (Å²) in [6, 6.07) is 5.93. The van der Waals surface area contributed by atoms with Crippen molar-refractivity contribution in [3.8, 4) is 0 Å². The van der Waals surface area contributed by atoms with Crippen LogP contribution in [0.4, 0.5) is 0 Å². The largest absolute Gasteiger partial charge is 0.395 e. The lowest BCUT2D eigenvalue weighted by molar-refractivity contribution is 0.278. The second-order valence-electron chi connectivity index (χ2n) is 4.32. The molecule has 1 N–H and O–H groups in total. The molecule has 0 aliphatic heterocycles. The lowest BCUT2D eigenvalue weighted by Gasteiger charge is -2.02. The molecular weight excluding hydrogens is 222 g/mol. The molecule has 0 aliphatic rings. The predicted octanol–water partition coefficient (Wildman–Crippen LogP) is 3.41. The fraction of sp³-hybridized carbons (Fsp3) is 0.385. The summed E-state index contributed by atoms with van der Waals surface area (Å²) in [5.74, 6) is 0.476. The normalized spacial score (nSPS) is 11.6. The first-order valence-corrected chi connectivity index (χ1v) is 5.90. The van der Waals surface area contributed by atoms with Gasteiger partial charge in [0.2, 0.25) is 0 Å². The van der Waals surface area contributed by atoms with E-state index in [9.17, 15) is 0 Å². The Balaban J connectivity index is 2.66. The number of hydrogen-bond acceptors (Lipinski definition) is 1. The van der Waals surface area contributed by atoms with Crippen molar-refractivity contribution in [3.63, 3.8) is 0 Å². The highest BCUT2D eigenvalue weighted by Crippen LogP contribution is 2.29. The van der Waals surface area contributed by atoms with E-state index in [1.807, 2.05) is 12.1 Å². The van der Waals surface area contributed by atoms with Gasteiger partial charge in [0.1, 0.15) is 0 Å². The van der Waals surface area contributed by atoms with Crippen LogP contribution in [0.5, 0.6) is 0 Å². The molecule has 2 aromatic rings. The van der Waals surface area contributed by atoms with Crippen LogP contribution in [-0.2, 0) is 6.54 Å². The van der Waals surface area contributed by atoms with Crippen molar-refractivity contribution in [1.82, 2.24) is 4.57 Å². The van der Waals surface area contributed by atoms with E-state index in [0.29, 0.717) is 12.5 Å². The van der Waals surface area contributed by atoms with Crippen molar-refractivity contribution in [2.24, 2.45) is 0 Å². The Kier molecular flexibility index (Phi) is 3.22. The molecule has 0 spiro atoms. The van der Waals surface area contributed by atoms with Gasteiger partial charge in [-0.3, -0.25) is 0 Å². The molecule has 0 amide bonds. The molecule has 0 radical (unpaired) electrons. The van der Waals surface area contributed by atoms with Crippen molar-refractivity contribution in [2.75, 3.05) is 6.61 Å². The molecular formula is C13H16ClNO. The van der Waals surface area contributed by atoms with E-state index >= 15 is 0 Å². The van der Waals surface area contributed by atoms with Gasteiger partial charge in [-0.1, -0.05) is 31.5 Å². The Hall–Kier alpha value is -0.990. The van der Waals surface area contributed by atoms with E-state index in [2.05, 4.69) is 30.7 Å². The average Bonchev–Trinajstić information content (AvgIpc) is 2.58. The highest BCUT2D eigenvalue weighted by atomic mass is 35.5. The molecule has 0 aliphatic carbocycles. The maximum absolute atomic E-state index is 9.04. The van der Waals surface area contributed by atoms with Gasteiger partial charge in [-0.25, -0.2) is 0 Å². The maximum atomic E-state index is 9.04. The van der Waals surface area contributed by atoms with Gasteiger partial charge in [-0.05, 0) is 23.6 Å². The summed E-state index contributed by atoms with van der Waals surface area (Å²) in [6.07, 6.45) is 2.11. The summed E-state index contributed by atoms with van der Waals surface area (Å²) in [4.78, 5) is 0. The molecule has 1 heterocycles. The summed E-state index contributed by atoms with van der Waals surface area (Å²) in [5, 5.41) is 11.0. The minimum absolute atomic E-state index is 0.147. The zero-order valence-corrected chi connectivity index (χ0v) is 10.3. The van der Waals surface area contributed by atoms with Gasteiger partial charge in [-0.15, -0.1) is 0 Å². The quantitative estimate of drug-likeness (QED) is 0.870. The molecule has 0 atom stereocenters. The van der Waals surface area contributed by atoms with E-state index in [-0.39, 0.29) is 6.61 Å². The van der Waals surface area contributed by atoms with Gasteiger partial charge < -0.3 is 9.67 Å². The number of halogens is 1. The molecule has 0 bridgehead atoms. The van der Waals surface area contributed by atoms with E-state index < -0.39 is 0 Å². The Morgan fingerprint density at radius 3 is 2.75 bits per heavy atom. The van der Waals surface area contributed by atoms with Crippen molar-refractivity contribution in [1.29, 1.82) is 0 Å². The number of rotatable bonds is 3. The summed E-state index contributed by atoms with van der Waals surface area (Å²) >= 11 is 6.00. The Labute approximate surface area is 100 Å². The number of benzene rings is 1. The molecule has 0 fully saturated rings. The smallest absolute Gasteiger partial charge is 0.0610 e. The Morgan fingerprint density at radius 2 is 2.12 bits per heavy atom. The number of aliphatic hydroxyl groups excluding tert-OH is 1. The van der Waals surface area contributed by atoms with E-state index in [1.165, 1.54) is 10.9 Å². The monoisotopic (exact) mass is 237 g/mol. The Morgan fingerprint density at radius 1 is 1.38 bits per heavy atom. The van der Waals surface area contributed by atoms with Crippen LogP contribution in [-0.4, -0.2) is 16.3 Å². The Bertz CT molecular complexity index is 502. The summed E-state index contributed by atoms with van der Waals surface area (Å²) in [5.41, 5.74) is 2.41. The van der Waals surface area contributed by atoms with Crippen LogP contribution in [0.25, 0.3) is 10.9 Å². The van der Waals surface area contributed by atoms with Gasteiger partial charge in [0, 0.05) is 28.7 Å². The predicted molar refractivity (Wildman–Crippen MR) is 68.1 cm³/mol. The van der Waals surface area contributed by atoms with Crippen LogP contribution in [0.2, 0.25) is 5.02 Å².